The van der Waals surface area contributed by atoms with Crippen LogP contribution >= 0.6 is 35.2 Å². The standard InChI is InChI=1S/C38H73O20P3S/c1-3-5-6-7-8-9-10-11-12-13-14-18-21-25-31(40)55-29(27-53-30(39)24-20-17-15-16-19-22-26-62-32(41)23-4-2)28-54-61(51,52)58-36-33(42)34(43)37(56-59(45,46)47)38(35(36)44)57-60(48,49)50/h29,33-38,42-44H,3-28H2,1-2H3,(H,51,52)(H2,45,46,47)(H2,48,49,50)/t29-,33-,34+,35?,36?,37?,38-/m1/s1. The van der Waals surface area contributed by atoms with Gasteiger partial charge in [-0.1, -0.05) is 128 Å². The van der Waals surface area contributed by atoms with E-state index in [4.69, 9.17) is 18.5 Å². The van der Waals surface area contributed by atoms with Crippen LogP contribution in [0.1, 0.15) is 162 Å². The Morgan fingerprint density at radius 3 is 1.44 bits per heavy atom. The fraction of sp³-hybridized carbons (Fsp3) is 0.921. The Morgan fingerprint density at radius 1 is 0.516 bits per heavy atom. The monoisotopic (exact) mass is 974 g/mol. The molecule has 0 spiro atoms. The maximum Gasteiger partial charge on any atom is 0.472 e. The van der Waals surface area contributed by atoms with Crippen LogP contribution in [0.25, 0.3) is 0 Å². The first-order valence-electron chi connectivity index (χ1n) is 21.9. The van der Waals surface area contributed by atoms with E-state index in [9.17, 15) is 67.9 Å². The highest BCUT2D eigenvalue weighted by Crippen LogP contribution is 2.51. The molecule has 1 rings (SSSR count). The fourth-order valence-electron chi connectivity index (χ4n) is 6.66. The molecule has 1 fully saturated rings. The van der Waals surface area contributed by atoms with E-state index >= 15 is 0 Å². The summed E-state index contributed by atoms with van der Waals surface area (Å²) >= 11 is 1.35. The van der Waals surface area contributed by atoms with Crippen LogP contribution in [0.3, 0.4) is 0 Å². The Morgan fingerprint density at radius 2 is 0.952 bits per heavy atom. The summed E-state index contributed by atoms with van der Waals surface area (Å²) in [6.07, 6.45) is 4.09. The molecule has 0 aromatic heterocycles. The molecule has 366 valence electrons. The second kappa shape index (κ2) is 32.8. The highest BCUT2D eigenvalue weighted by molar-refractivity contribution is 8.13. The molecule has 0 bridgehead atoms. The number of esters is 2. The van der Waals surface area contributed by atoms with Gasteiger partial charge in [0.1, 0.15) is 43.2 Å². The largest absolute Gasteiger partial charge is 0.472 e. The van der Waals surface area contributed by atoms with E-state index in [0.717, 1.165) is 76.4 Å². The number of aliphatic hydroxyl groups is 3. The van der Waals surface area contributed by atoms with Crippen molar-refractivity contribution in [3.8, 4) is 0 Å². The number of carbonyl (C=O) groups is 3. The van der Waals surface area contributed by atoms with Crippen molar-refractivity contribution in [1.82, 2.24) is 0 Å². The van der Waals surface area contributed by atoms with Gasteiger partial charge in [-0.05, 0) is 25.7 Å². The average Bonchev–Trinajstić information content (AvgIpc) is 3.18. The number of hydrogen-bond acceptors (Lipinski definition) is 16. The molecule has 20 nitrogen and oxygen atoms in total. The highest BCUT2D eigenvalue weighted by Gasteiger charge is 2.56. The summed E-state index contributed by atoms with van der Waals surface area (Å²) in [4.78, 5) is 84.5. The smallest absolute Gasteiger partial charge is 0.462 e. The molecule has 1 aliphatic carbocycles. The zero-order valence-electron chi connectivity index (χ0n) is 36.2. The van der Waals surface area contributed by atoms with E-state index in [0.29, 0.717) is 19.3 Å². The van der Waals surface area contributed by atoms with Gasteiger partial charge in [0.05, 0.1) is 6.61 Å². The van der Waals surface area contributed by atoms with Gasteiger partial charge in [-0.15, -0.1) is 0 Å². The average molecular weight is 975 g/mol. The van der Waals surface area contributed by atoms with Gasteiger partial charge in [0.25, 0.3) is 0 Å². The van der Waals surface area contributed by atoms with E-state index in [-0.39, 0.29) is 18.0 Å². The molecule has 24 heteroatoms. The molecular weight excluding hydrogens is 901 g/mol. The van der Waals surface area contributed by atoms with Gasteiger partial charge in [-0.2, -0.15) is 0 Å². The fourth-order valence-corrected chi connectivity index (χ4v) is 9.68. The lowest BCUT2D eigenvalue weighted by Gasteiger charge is -2.44. The van der Waals surface area contributed by atoms with Crippen molar-refractivity contribution in [2.24, 2.45) is 0 Å². The number of carbonyl (C=O) groups excluding carboxylic acids is 3. The zero-order valence-corrected chi connectivity index (χ0v) is 39.7. The Kier molecular flexibility index (Phi) is 31.3. The number of phosphoric acid groups is 3. The zero-order chi connectivity index (χ0) is 46.6. The SMILES string of the molecule is CCCCCCCCCCCCCCCC(=O)O[C@H](COC(=O)CCCCCCCCSC(=O)CCC)COP(=O)(O)OC1C(O)[C@@H](OP(=O)(O)O)C(OP(=O)(O)O)[C@@H](O)[C@H]1O. The first kappa shape index (κ1) is 59.2. The molecule has 0 saturated heterocycles. The van der Waals surface area contributed by atoms with Crippen LogP contribution in [0, 0.1) is 0 Å². The topological polar surface area (TPSA) is 320 Å². The number of thioether (sulfide) groups is 1. The number of ether oxygens (including phenoxy) is 2. The van der Waals surface area contributed by atoms with Gasteiger partial charge in [0.2, 0.25) is 0 Å². The van der Waals surface area contributed by atoms with Gasteiger partial charge in [-0.25, -0.2) is 13.7 Å². The predicted molar refractivity (Wildman–Crippen MR) is 228 cm³/mol. The summed E-state index contributed by atoms with van der Waals surface area (Å²) in [5.41, 5.74) is 0. The van der Waals surface area contributed by atoms with Crippen molar-refractivity contribution in [2.45, 2.75) is 204 Å². The summed E-state index contributed by atoms with van der Waals surface area (Å²) in [6, 6.07) is 0. The number of unbranched alkanes of at least 4 members (excludes halogenated alkanes) is 17. The third-order valence-corrected chi connectivity index (χ3v) is 13.0. The highest BCUT2D eigenvalue weighted by atomic mass is 32.2. The maximum atomic E-state index is 13.1. The summed E-state index contributed by atoms with van der Waals surface area (Å²) in [5, 5.41) is 32.0. The Bertz CT molecular complexity index is 1400. The number of hydrogen-bond donors (Lipinski definition) is 8. The van der Waals surface area contributed by atoms with E-state index in [1.165, 1.54) is 56.7 Å². The number of phosphoric ester groups is 3. The lowest BCUT2D eigenvalue weighted by atomic mass is 9.85. The van der Waals surface area contributed by atoms with Crippen LogP contribution in [-0.4, -0.2) is 119 Å². The van der Waals surface area contributed by atoms with E-state index in [1.807, 2.05) is 6.92 Å². The maximum absolute atomic E-state index is 13.1. The summed E-state index contributed by atoms with van der Waals surface area (Å²) in [6.45, 7) is 2.64. The quantitative estimate of drug-likeness (QED) is 0.0193. The predicted octanol–water partition coefficient (Wildman–Crippen LogP) is 6.27. The molecule has 4 unspecified atom stereocenters. The molecule has 1 aliphatic rings. The molecule has 0 heterocycles. The van der Waals surface area contributed by atoms with Crippen molar-refractivity contribution in [3.63, 3.8) is 0 Å². The van der Waals surface area contributed by atoms with Crippen LogP contribution in [-0.2, 0) is 55.6 Å². The Balaban J connectivity index is 2.78. The molecule has 0 aromatic rings. The van der Waals surface area contributed by atoms with Crippen LogP contribution in [0.2, 0.25) is 0 Å². The minimum Gasteiger partial charge on any atom is -0.462 e. The van der Waals surface area contributed by atoms with Gasteiger partial charge in [0, 0.05) is 25.0 Å². The molecule has 62 heavy (non-hydrogen) atoms. The first-order valence-corrected chi connectivity index (χ1v) is 27.4. The second-order valence-electron chi connectivity index (χ2n) is 15.6. The Hall–Kier alpha value is -0.830. The van der Waals surface area contributed by atoms with Gasteiger partial charge in [-0.3, -0.25) is 32.5 Å². The van der Waals surface area contributed by atoms with Crippen LogP contribution in [0.5, 0.6) is 0 Å². The molecule has 0 radical (unpaired) electrons. The van der Waals surface area contributed by atoms with Crippen molar-refractivity contribution in [1.29, 1.82) is 0 Å². The second-order valence-corrected chi connectivity index (χ2v) is 20.5. The van der Waals surface area contributed by atoms with Gasteiger partial charge in [0.15, 0.2) is 11.2 Å². The number of rotatable bonds is 37. The summed E-state index contributed by atoms with van der Waals surface area (Å²) in [5.74, 6) is -0.574. The molecular formula is C38H73O20P3S. The van der Waals surface area contributed by atoms with E-state index in [2.05, 4.69) is 16.0 Å². The molecule has 0 amide bonds. The summed E-state index contributed by atoms with van der Waals surface area (Å²) in [7, 11) is -16.6. The lowest BCUT2D eigenvalue weighted by molar-refractivity contribution is -0.213. The third kappa shape index (κ3) is 28.9. The third-order valence-electron chi connectivity index (χ3n) is 9.92. The van der Waals surface area contributed by atoms with E-state index in [1.54, 1.807) is 0 Å². The van der Waals surface area contributed by atoms with Crippen molar-refractivity contribution >= 4 is 52.3 Å². The summed E-state index contributed by atoms with van der Waals surface area (Å²) < 4.78 is 65.2. The normalized spacial score (nSPS) is 22.2. The van der Waals surface area contributed by atoms with Crippen molar-refractivity contribution < 1.29 is 95.4 Å². The van der Waals surface area contributed by atoms with Crippen molar-refractivity contribution in [2.75, 3.05) is 19.0 Å². The minimum atomic E-state index is -5.60. The van der Waals surface area contributed by atoms with Crippen LogP contribution in [0.15, 0.2) is 0 Å². The first-order chi connectivity index (χ1) is 29.2. The van der Waals surface area contributed by atoms with Gasteiger partial charge >= 0.3 is 35.4 Å². The molecule has 0 aliphatic heterocycles. The van der Waals surface area contributed by atoms with Crippen LogP contribution in [0.4, 0.5) is 0 Å². The number of aliphatic hydroxyl groups excluding tert-OH is 3. The van der Waals surface area contributed by atoms with Crippen molar-refractivity contribution in [3.05, 3.63) is 0 Å². The Labute approximate surface area is 370 Å². The van der Waals surface area contributed by atoms with Crippen LogP contribution < -0.4 is 0 Å². The molecule has 0 aromatic carbocycles. The molecule has 8 atom stereocenters. The molecule has 8 N–H and O–H groups in total. The minimum absolute atomic E-state index is 0.0135. The van der Waals surface area contributed by atoms with Gasteiger partial charge < -0.3 is 49.3 Å². The molecule has 1 saturated carbocycles. The van der Waals surface area contributed by atoms with E-state index < -0.39 is 91.3 Å². The lowest BCUT2D eigenvalue weighted by Crippen LogP contribution is -2.65.